The van der Waals surface area contributed by atoms with Crippen LogP contribution in [0.4, 0.5) is 0 Å². The Hall–Kier alpha value is -0.420. The van der Waals surface area contributed by atoms with E-state index in [0.717, 1.165) is 31.3 Å². The average Bonchev–Trinajstić information content (AvgIpc) is 2.43. The molecular formula is C20H36O4. The van der Waals surface area contributed by atoms with Gasteiger partial charge in [0.05, 0.1) is 18.3 Å². The summed E-state index contributed by atoms with van der Waals surface area (Å²) in [6, 6.07) is 0. The van der Waals surface area contributed by atoms with E-state index in [4.69, 9.17) is 5.11 Å². The van der Waals surface area contributed by atoms with Crippen LogP contribution >= 0.6 is 0 Å². The highest BCUT2D eigenvalue weighted by Crippen LogP contribution is 2.61. The molecule has 0 radical (unpaired) electrons. The van der Waals surface area contributed by atoms with Crippen molar-refractivity contribution in [2.75, 3.05) is 6.61 Å². The van der Waals surface area contributed by atoms with Crippen LogP contribution in [-0.2, 0) is 0 Å². The highest BCUT2D eigenvalue weighted by molar-refractivity contribution is 5.18. The van der Waals surface area contributed by atoms with Gasteiger partial charge in [0.15, 0.2) is 0 Å². The first-order valence-electron chi connectivity index (χ1n) is 9.33. The Balaban J connectivity index is 2.23. The lowest BCUT2D eigenvalue weighted by atomic mass is 9.46. The van der Waals surface area contributed by atoms with E-state index in [1.807, 2.05) is 0 Å². The molecular weight excluding hydrogens is 304 g/mol. The highest BCUT2D eigenvalue weighted by Gasteiger charge is 2.56. The molecule has 0 aromatic carbocycles. The molecule has 0 aliphatic heterocycles. The fourth-order valence-corrected chi connectivity index (χ4v) is 5.81. The Morgan fingerprint density at radius 1 is 1.29 bits per heavy atom. The summed E-state index contributed by atoms with van der Waals surface area (Å²) in [4.78, 5) is 0. The minimum Gasteiger partial charge on any atom is -0.394 e. The molecule has 4 nitrogen and oxygen atoms in total. The Kier molecular flexibility index (Phi) is 5.57. The molecule has 0 aromatic heterocycles. The molecule has 1 unspecified atom stereocenters. The second kappa shape index (κ2) is 6.71. The van der Waals surface area contributed by atoms with Crippen molar-refractivity contribution in [2.45, 2.75) is 84.0 Å². The second-order valence-electron chi connectivity index (χ2n) is 9.40. The first-order valence-corrected chi connectivity index (χ1v) is 9.33. The number of fused-ring (bicyclic) bond motifs is 1. The molecule has 140 valence electrons. The number of aliphatic hydroxyl groups excluding tert-OH is 3. The predicted octanol–water partition coefficient (Wildman–Crippen LogP) is 2.64. The first kappa shape index (κ1) is 19.9. The molecule has 4 heteroatoms. The first-order chi connectivity index (χ1) is 11.0. The maximum Gasteiger partial charge on any atom is 0.105 e. The summed E-state index contributed by atoms with van der Waals surface area (Å²) < 4.78 is 0. The number of hydrogen-bond donors (Lipinski definition) is 4. The third-order valence-electron chi connectivity index (χ3n) is 7.06. The van der Waals surface area contributed by atoms with Gasteiger partial charge >= 0.3 is 0 Å². The molecule has 2 fully saturated rings. The van der Waals surface area contributed by atoms with Crippen molar-refractivity contribution < 1.29 is 20.4 Å². The third kappa shape index (κ3) is 3.44. The molecule has 2 aliphatic rings. The standard InChI is InChI=1S/C20H36O4/c1-13-11-15(22)17-18(2,3)8-6-9-19(17,4)14(13)7-10-20(5,24)16(23)12-21/h14-17,21-24H,1,6-12H2,2-5H3/t14-,15-,16?,17-,19+,20-/m0/s1. The minimum absolute atomic E-state index is 0.0310. The summed E-state index contributed by atoms with van der Waals surface area (Å²) in [6.07, 6.45) is 3.61. The summed E-state index contributed by atoms with van der Waals surface area (Å²) in [7, 11) is 0. The quantitative estimate of drug-likeness (QED) is 0.580. The molecule has 0 aromatic rings. The van der Waals surface area contributed by atoms with Gasteiger partial charge in [-0.2, -0.15) is 0 Å². The van der Waals surface area contributed by atoms with Gasteiger partial charge < -0.3 is 20.4 Å². The lowest BCUT2D eigenvalue weighted by molar-refractivity contribution is -0.130. The van der Waals surface area contributed by atoms with Crippen LogP contribution < -0.4 is 0 Å². The van der Waals surface area contributed by atoms with Crippen LogP contribution in [0.2, 0.25) is 0 Å². The SMILES string of the molecule is C=C1C[C@H](O)[C@H]2C(C)(C)CCC[C@]2(C)[C@H]1CC[C@](C)(O)C(O)CO. The molecule has 0 amide bonds. The van der Waals surface area contributed by atoms with E-state index < -0.39 is 18.3 Å². The van der Waals surface area contributed by atoms with Crippen molar-refractivity contribution in [3.8, 4) is 0 Å². The van der Waals surface area contributed by atoms with Crippen LogP contribution in [0.5, 0.6) is 0 Å². The molecule has 2 saturated carbocycles. The van der Waals surface area contributed by atoms with E-state index in [1.54, 1.807) is 6.92 Å². The molecule has 6 atom stereocenters. The van der Waals surface area contributed by atoms with Gasteiger partial charge in [-0.1, -0.05) is 39.3 Å². The van der Waals surface area contributed by atoms with Crippen molar-refractivity contribution in [3.05, 3.63) is 12.2 Å². The second-order valence-corrected chi connectivity index (χ2v) is 9.40. The zero-order valence-electron chi connectivity index (χ0n) is 15.8. The Bertz CT molecular complexity index is 470. The summed E-state index contributed by atoms with van der Waals surface area (Å²) >= 11 is 0. The maximum atomic E-state index is 10.8. The predicted molar refractivity (Wildman–Crippen MR) is 95.4 cm³/mol. The molecule has 0 saturated heterocycles. The number of hydrogen-bond acceptors (Lipinski definition) is 4. The molecule has 0 spiro atoms. The van der Waals surface area contributed by atoms with Gasteiger partial charge in [-0.3, -0.25) is 0 Å². The van der Waals surface area contributed by atoms with Crippen molar-refractivity contribution in [1.82, 2.24) is 0 Å². The Labute approximate surface area is 146 Å². The van der Waals surface area contributed by atoms with Gasteiger partial charge in [0.1, 0.15) is 6.10 Å². The lowest BCUT2D eigenvalue weighted by Gasteiger charge is -2.60. The summed E-state index contributed by atoms with van der Waals surface area (Å²) in [5.41, 5.74) is -0.177. The fourth-order valence-electron chi connectivity index (χ4n) is 5.81. The maximum absolute atomic E-state index is 10.8. The van der Waals surface area contributed by atoms with Crippen LogP contribution in [0.15, 0.2) is 12.2 Å². The van der Waals surface area contributed by atoms with Crippen LogP contribution in [0.25, 0.3) is 0 Å². The van der Waals surface area contributed by atoms with Crippen LogP contribution in [0.1, 0.15) is 66.2 Å². The van der Waals surface area contributed by atoms with Crippen LogP contribution in [0.3, 0.4) is 0 Å². The molecule has 24 heavy (non-hydrogen) atoms. The van der Waals surface area contributed by atoms with Crippen molar-refractivity contribution >= 4 is 0 Å². The Morgan fingerprint density at radius 2 is 1.92 bits per heavy atom. The molecule has 2 aliphatic carbocycles. The van der Waals surface area contributed by atoms with Gasteiger partial charge in [-0.15, -0.1) is 0 Å². The van der Waals surface area contributed by atoms with Crippen molar-refractivity contribution in [1.29, 1.82) is 0 Å². The van der Waals surface area contributed by atoms with E-state index in [2.05, 4.69) is 27.4 Å². The highest BCUT2D eigenvalue weighted by atomic mass is 16.4. The topological polar surface area (TPSA) is 80.9 Å². The van der Waals surface area contributed by atoms with Gasteiger partial charge in [-0.05, 0) is 61.7 Å². The summed E-state index contributed by atoms with van der Waals surface area (Å²) in [5, 5.41) is 40.2. The van der Waals surface area contributed by atoms with E-state index >= 15 is 0 Å². The summed E-state index contributed by atoms with van der Waals surface area (Å²) in [5.74, 6) is 0.449. The van der Waals surface area contributed by atoms with Crippen molar-refractivity contribution in [3.63, 3.8) is 0 Å². The number of rotatable bonds is 5. The van der Waals surface area contributed by atoms with Gasteiger partial charge in [-0.25, -0.2) is 0 Å². The zero-order chi connectivity index (χ0) is 18.3. The average molecular weight is 341 g/mol. The van der Waals surface area contributed by atoms with Gasteiger partial charge in [0.2, 0.25) is 0 Å². The van der Waals surface area contributed by atoms with E-state index in [0.29, 0.717) is 12.8 Å². The smallest absolute Gasteiger partial charge is 0.105 e. The largest absolute Gasteiger partial charge is 0.394 e. The van der Waals surface area contributed by atoms with E-state index in [1.165, 1.54) is 0 Å². The Morgan fingerprint density at radius 3 is 2.50 bits per heavy atom. The molecule has 0 heterocycles. The fraction of sp³-hybridized carbons (Fsp3) is 0.900. The van der Waals surface area contributed by atoms with Gasteiger partial charge in [0.25, 0.3) is 0 Å². The molecule has 4 N–H and O–H groups in total. The normalized spacial score (nSPS) is 39.8. The van der Waals surface area contributed by atoms with Crippen LogP contribution in [-0.4, -0.2) is 44.8 Å². The lowest BCUT2D eigenvalue weighted by Crippen LogP contribution is -2.55. The number of aliphatic hydroxyl groups is 4. The third-order valence-corrected chi connectivity index (χ3v) is 7.06. The molecule has 2 rings (SSSR count). The zero-order valence-corrected chi connectivity index (χ0v) is 15.8. The van der Waals surface area contributed by atoms with Gasteiger partial charge in [0, 0.05) is 0 Å². The molecule has 0 bridgehead atoms. The van der Waals surface area contributed by atoms with E-state index in [-0.39, 0.29) is 28.8 Å². The van der Waals surface area contributed by atoms with Crippen molar-refractivity contribution in [2.24, 2.45) is 22.7 Å². The monoisotopic (exact) mass is 340 g/mol. The van der Waals surface area contributed by atoms with Crippen LogP contribution in [0, 0.1) is 22.7 Å². The minimum atomic E-state index is -1.30. The van der Waals surface area contributed by atoms with E-state index in [9.17, 15) is 15.3 Å². The summed E-state index contributed by atoms with van der Waals surface area (Å²) in [6.45, 7) is 12.2.